The monoisotopic (exact) mass is 373 g/mol. The quantitative estimate of drug-likeness (QED) is 0.430. The molecular weight excluding hydrogens is 355 g/mol. The number of nitrogens with one attached hydrogen (secondary N) is 1. The SMILES string of the molecule is C=C(CCNC(=C)c1ccccc1C(F)(F)F)/C(Cl)=C\C(S)=C/C. The van der Waals surface area contributed by atoms with Gasteiger partial charge in [0.25, 0.3) is 0 Å². The zero-order valence-corrected chi connectivity index (χ0v) is 14.9. The predicted octanol–water partition coefficient (Wildman–Crippen LogP) is 6.17. The molecule has 0 unspecified atom stereocenters. The molecule has 1 rings (SSSR count). The van der Waals surface area contributed by atoms with E-state index in [1.165, 1.54) is 12.1 Å². The minimum absolute atomic E-state index is 0.0313. The summed E-state index contributed by atoms with van der Waals surface area (Å²) in [7, 11) is 0. The first-order valence-corrected chi connectivity index (χ1v) is 7.99. The largest absolute Gasteiger partial charge is 0.417 e. The summed E-state index contributed by atoms with van der Waals surface area (Å²) in [6.07, 6.45) is -0.507. The molecule has 0 aliphatic rings. The van der Waals surface area contributed by atoms with Crippen LogP contribution in [0.5, 0.6) is 0 Å². The molecule has 0 amide bonds. The Bertz CT molecular complexity index is 675. The van der Waals surface area contributed by atoms with Crippen molar-refractivity contribution in [2.24, 2.45) is 0 Å². The molecule has 0 radical (unpaired) electrons. The number of thiol groups is 1. The molecule has 0 heterocycles. The van der Waals surface area contributed by atoms with E-state index in [1.807, 2.05) is 6.92 Å². The molecule has 0 fully saturated rings. The first kappa shape index (κ1) is 20.5. The number of allylic oxidation sites excluding steroid dienone is 3. The zero-order valence-electron chi connectivity index (χ0n) is 13.3. The molecule has 0 aliphatic heterocycles. The standard InChI is InChI=1S/C18H19ClF3NS/c1-4-14(24)11-17(19)12(2)9-10-23-13(3)15-7-5-6-8-16(15)18(20,21)22/h4-8,11,23-24H,2-3,9-10H2,1H3/b14-4+,17-11+. The Morgan fingerprint density at radius 2 is 1.92 bits per heavy atom. The van der Waals surface area contributed by atoms with Gasteiger partial charge in [0.15, 0.2) is 0 Å². The molecule has 24 heavy (non-hydrogen) atoms. The van der Waals surface area contributed by atoms with Crippen LogP contribution >= 0.6 is 24.2 Å². The maximum absolute atomic E-state index is 13.0. The number of benzene rings is 1. The fraction of sp³-hybridized carbons (Fsp3) is 0.222. The van der Waals surface area contributed by atoms with Crippen LogP contribution in [0.15, 0.2) is 65.1 Å². The van der Waals surface area contributed by atoms with Gasteiger partial charge in [0.1, 0.15) is 0 Å². The fourth-order valence-electron chi connectivity index (χ4n) is 1.89. The Kier molecular flexibility index (Phi) is 7.70. The van der Waals surface area contributed by atoms with Gasteiger partial charge in [-0.25, -0.2) is 0 Å². The lowest BCUT2D eigenvalue weighted by molar-refractivity contribution is -0.137. The molecule has 0 spiro atoms. The molecule has 0 saturated carbocycles. The van der Waals surface area contributed by atoms with Gasteiger partial charge in [0.2, 0.25) is 0 Å². The Morgan fingerprint density at radius 1 is 1.29 bits per heavy atom. The van der Waals surface area contributed by atoms with Crippen LogP contribution in [0.3, 0.4) is 0 Å². The van der Waals surface area contributed by atoms with Gasteiger partial charge in [-0.1, -0.05) is 49.0 Å². The van der Waals surface area contributed by atoms with Crippen molar-refractivity contribution < 1.29 is 13.2 Å². The molecular formula is C18H19ClF3NS. The van der Waals surface area contributed by atoms with E-state index in [4.69, 9.17) is 11.6 Å². The van der Waals surface area contributed by atoms with E-state index in [1.54, 1.807) is 18.2 Å². The molecule has 1 aromatic carbocycles. The van der Waals surface area contributed by atoms with Gasteiger partial charge in [0, 0.05) is 27.7 Å². The van der Waals surface area contributed by atoms with E-state index in [0.717, 1.165) is 6.07 Å². The van der Waals surface area contributed by atoms with Crippen LogP contribution in [0.1, 0.15) is 24.5 Å². The summed E-state index contributed by atoms with van der Waals surface area (Å²) in [6.45, 7) is 9.75. The average molecular weight is 374 g/mol. The maximum Gasteiger partial charge on any atom is 0.417 e. The highest BCUT2D eigenvalue weighted by atomic mass is 35.5. The highest BCUT2D eigenvalue weighted by Gasteiger charge is 2.33. The Labute approximate surface area is 151 Å². The second kappa shape index (κ2) is 9.04. The maximum atomic E-state index is 13.0. The first-order valence-electron chi connectivity index (χ1n) is 7.16. The van der Waals surface area contributed by atoms with Gasteiger partial charge in [0.05, 0.1) is 5.56 Å². The minimum Gasteiger partial charge on any atom is -0.385 e. The second-order valence-electron chi connectivity index (χ2n) is 5.01. The molecule has 0 aromatic heterocycles. The van der Waals surface area contributed by atoms with Crippen molar-refractivity contribution in [1.29, 1.82) is 0 Å². The van der Waals surface area contributed by atoms with Crippen LogP contribution in [0.4, 0.5) is 13.2 Å². The number of hydrogen-bond acceptors (Lipinski definition) is 2. The third kappa shape index (κ3) is 6.13. The van der Waals surface area contributed by atoms with Crippen molar-refractivity contribution in [1.82, 2.24) is 5.32 Å². The van der Waals surface area contributed by atoms with E-state index in [9.17, 15) is 13.2 Å². The summed E-state index contributed by atoms with van der Waals surface area (Å²) in [5.41, 5.74) is 0.185. The number of halogens is 4. The first-order chi connectivity index (χ1) is 11.2. The van der Waals surface area contributed by atoms with E-state index in [-0.39, 0.29) is 11.3 Å². The van der Waals surface area contributed by atoms with Crippen LogP contribution < -0.4 is 5.32 Å². The lowest BCUT2D eigenvalue weighted by atomic mass is 10.0. The molecule has 130 valence electrons. The summed E-state index contributed by atoms with van der Waals surface area (Å²) in [4.78, 5) is 0.706. The summed E-state index contributed by atoms with van der Waals surface area (Å²) < 4.78 is 39.0. The van der Waals surface area contributed by atoms with Crippen molar-refractivity contribution in [3.8, 4) is 0 Å². The van der Waals surface area contributed by atoms with Crippen molar-refractivity contribution >= 4 is 29.9 Å². The van der Waals surface area contributed by atoms with Crippen LogP contribution in [0.25, 0.3) is 5.70 Å². The Balaban J connectivity index is 2.69. The van der Waals surface area contributed by atoms with Crippen molar-refractivity contribution in [2.45, 2.75) is 19.5 Å². The molecule has 0 saturated heterocycles. The average Bonchev–Trinajstić information content (AvgIpc) is 2.53. The number of rotatable bonds is 7. The van der Waals surface area contributed by atoms with E-state index < -0.39 is 11.7 Å². The van der Waals surface area contributed by atoms with Crippen molar-refractivity contribution in [3.63, 3.8) is 0 Å². The second-order valence-corrected chi connectivity index (χ2v) is 5.93. The van der Waals surface area contributed by atoms with Crippen LogP contribution in [0.2, 0.25) is 0 Å². The third-order valence-electron chi connectivity index (χ3n) is 3.23. The lowest BCUT2D eigenvalue weighted by Crippen LogP contribution is -2.17. The highest BCUT2D eigenvalue weighted by molar-refractivity contribution is 7.84. The predicted molar refractivity (Wildman–Crippen MR) is 98.9 cm³/mol. The summed E-state index contributed by atoms with van der Waals surface area (Å²) in [5, 5.41) is 3.35. The summed E-state index contributed by atoms with van der Waals surface area (Å²) in [5.74, 6) is 0. The van der Waals surface area contributed by atoms with E-state index in [2.05, 4.69) is 31.1 Å². The summed E-state index contributed by atoms with van der Waals surface area (Å²) in [6, 6.07) is 5.31. The van der Waals surface area contributed by atoms with Gasteiger partial charge in [-0.2, -0.15) is 13.2 Å². The van der Waals surface area contributed by atoms with Gasteiger partial charge in [-0.3, -0.25) is 0 Å². The highest BCUT2D eigenvalue weighted by Crippen LogP contribution is 2.33. The summed E-state index contributed by atoms with van der Waals surface area (Å²) >= 11 is 10.3. The van der Waals surface area contributed by atoms with Gasteiger partial charge < -0.3 is 5.32 Å². The van der Waals surface area contributed by atoms with Gasteiger partial charge in [-0.05, 0) is 31.1 Å². The fourth-order valence-corrected chi connectivity index (χ4v) is 2.30. The molecule has 1 nitrogen and oxygen atoms in total. The van der Waals surface area contributed by atoms with E-state index in [0.29, 0.717) is 28.5 Å². The molecule has 0 bridgehead atoms. The molecule has 1 N–H and O–H groups in total. The number of alkyl halides is 3. The molecule has 1 aromatic rings. The van der Waals surface area contributed by atoms with Gasteiger partial charge >= 0.3 is 6.18 Å². The molecule has 0 atom stereocenters. The van der Waals surface area contributed by atoms with Gasteiger partial charge in [-0.15, -0.1) is 12.6 Å². The van der Waals surface area contributed by atoms with Crippen molar-refractivity contribution in [2.75, 3.05) is 6.54 Å². The molecule has 6 heteroatoms. The van der Waals surface area contributed by atoms with Crippen LogP contribution in [-0.2, 0) is 6.18 Å². The van der Waals surface area contributed by atoms with Crippen LogP contribution in [-0.4, -0.2) is 6.54 Å². The van der Waals surface area contributed by atoms with Crippen molar-refractivity contribution in [3.05, 3.63) is 76.2 Å². The topological polar surface area (TPSA) is 12.0 Å². The Morgan fingerprint density at radius 3 is 2.50 bits per heavy atom. The lowest BCUT2D eigenvalue weighted by Gasteiger charge is -2.16. The zero-order chi connectivity index (χ0) is 18.3. The van der Waals surface area contributed by atoms with Crippen LogP contribution in [0, 0.1) is 0 Å². The smallest absolute Gasteiger partial charge is 0.385 e. The van der Waals surface area contributed by atoms with E-state index >= 15 is 0 Å². The normalized spacial score (nSPS) is 12.9. The Hall–Kier alpha value is -1.59. The number of hydrogen-bond donors (Lipinski definition) is 2. The molecule has 0 aliphatic carbocycles. The minimum atomic E-state index is -4.42. The third-order valence-corrected chi connectivity index (χ3v) is 3.99.